The summed E-state index contributed by atoms with van der Waals surface area (Å²) in [6.07, 6.45) is 4.80. The van der Waals surface area contributed by atoms with Gasteiger partial charge in [0.05, 0.1) is 18.5 Å². The van der Waals surface area contributed by atoms with E-state index in [0.717, 1.165) is 53.1 Å². The number of carbonyl (C=O) groups is 3. The minimum absolute atomic E-state index is 0.0363. The number of anilines is 2. The van der Waals surface area contributed by atoms with Crippen LogP contribution >= 0.6 is 11.3 Å². The maximum absolute atomic E-state index is 12.8. The van der Waals surface area contributed by atoms with Gasteiger partial charge in [-0.2, -0.15) is 5.10 Å². The summed E-state index contributed by atoms with van der Waals surface area (Å²) >= 11 is 1.38. The molecule has 0 radical (unpaired) electrons. The normalized spacial score (nSPS) is 11.7. The Morgan fingerprint density at radius 2 is 1.39 bits per heavy atom. The van der Waals surface area contributed by atoms with Crippen LogP contribution in [0.4, 0.5) is 10.9 Å². The second-order valence-corrected chi connectivity index (χ2v) is 14.7. The average Bonchev–Trinajstić information content (AvgIpc) is 3.42. The van der Waals surface area contributed by atoms with Crippen LogP contribution < -0.4 is 10.6 Å². The fourth-order valence-electron chi connectivity index (χ4n) is 5.22. The van der Waals surface area contributed by atoms with Crippen molar-refractivity contribution >= 4 is 39.9 Å². The van der Waals surface area contributed by atoms with Crippen molar-refractivity contribution in [3.05, 3.63) is 94.1 Å². The fourth-order valence-corrected chi connectivity index (χ4v) is 6.01. The van der Waals surface area contributed by atoms with Crippen molar-refractivity contribution in [2.75, 3.05) is 10.6 Å². The molecule has 0 spiro atoms. The number of amides is 2. The Hall–Kier alpha value is -4.31. The highest BCUT2D eigenvalue weighted by Gasteiger charge is 2.27. The molecule has 0 aliphatic carbocycles. The number of carbonyl (C=O) groups excluding carboxylic acids is 3. The molecule has 0 fully saturated rings. The van der Waals surface area contributed by atoms with Crippen LogP contribution in [-0.4, -0.2) is 38.0 Å². The van der Waals surface area contributed by atoms with E-state index in [2.05, 4.69) is 65.6 Å². The summed E-state index contributed by atoms with van der Waals surface area (Å²) in [5, 5.41) is 23.8. The van der Waals surface area contributed by atoms with Crippen LogP contribution in [0.2, 0.25) is 0 Å². The third-order valence-electron chi connectivity index (χ3n) is 7.42. The van der Waals surface area contributed by atoms with Crippen LogP contribution in [0.1, 0.15) is 87.7 Å². The molecule has 2 aromatic carbocycles. The van der Waals surface area contributed by atoms with Gasteiger partial charge in [0.1, 0.15) is 10.8 Å². The average molecular weight is 641 g/mol. The summed E-state index contributed by atoms with van der Waals surface area (Å²) in [6, 6.07) is 21.1. The van der Waals surface area contributed by atoms with E-state index in [4.69, 9.17) is 0 Å². The number of ketones is 1. The molecule has 0 saturated heterocycles. The fraction of sp³-hybridized carbons (Fsp3) is 0.417. The number of hydrogen-bond acceptors (Lipinski definition) is 8. The third-order valence-corrected chi connectivity index (χ3v) is 8.32. The molecule has 2 aromatic heterocycles. The first kappa shape index (κ1) is 34.6. The van der Waals surface area contributed by atoms with Crippen LogP contribution in [0.5, 0.6) is 0 Å². The molecule has 4 aromatic rings. The van der Waals surface area contributed by atoms with Crippen molar-refractivity contribution < 1.29 is 14.4 Å². The number of aromatic nitrogens is 4. The largest absolute Gasteiger partial charge is 0.309 e. The molecule has 0 aliphatic rings. The van der Waals surface area contributed by atoms with Gasteiger partial charge in [-0.1, -0.05) is 101 Å². The number of unbranched alkanes of at least 4 members (excludes halogenated alkanes) is 1. The predicted octanol–water partition coefficient (Wildman–Crippen LogP) is 6.93. The standard InChI is InChI=1S/C36H44N6O3S/c1-35(2,3)23-29(43)24-36(4,5)27-15-11-14-26(20-27)22-32(45)38-34-42-41-33(46-34)17-10-9-16-28-18-19-30(40-39-28)37-31(44)21-25-12-7-6-8-13-25/h6-8,11-15,18-20H,9-10,16-17,21-24H2,1-5H3,(H,37,40,44)(H,38,42,45). The molecule has 2 heterocycles. The van der Waals surface area contributed by atoms with Crippen LogP contribution in [0.15, 0.2) is 66.7 Å². The lowest BCUT2D eigenvalue weighted by Crippen LogP contribution is -2.25. The Balaban J connectivity index is 1.18. The van der Waals surface area contributed by atoms with Gasteiger partial charge < -0.3 is 10.6 Å². The van der Waals surface area contributed by atoms with E-state index in [-0.39, 0.29) is 41.3 Å². The third kappa shape index (κ3) is 11.6. The molecule has 4 rings (SSSR count). The SMILES string of the molecule is CC(C)(C)CC(=O)CC(C)(C)c1cccc(CC(=O)Nc2nnc(CCCCc3ccc(NC(=O)Cc4ccccc4)nn3)s2)c1. The van der Waals surface area contributed by atoms with Crippen molar-refractivity contribution in [3.63, 3.8) is 0 Å². The molecule has 0 atom stereocenters. The van der Waals surface area contributed by atoms with Crippen molar-refractivity contribution in [3.8, 4) is 0 Å². The van der Waals surface area contributed by atoms with Crippen LogP contribution in [0, 0.1) is 5.41 Å². The van der Waals surface area contributed by atoms with Gasteiger partial charge in [0.15, 0.2) is 5.82 Å². The number of rotatable bonds is 15. The number of benzene rings is 2. The molecule has 9 nitrogen and oxygen atoms in total. The Labute approximate surface area is 275 Å². The van der Waals surface area contributed by atoms with Gasteiger partial charge in [0.2, 0.25) is 16.9 Å². The zero-order valence-corrected chi connectivity index (χ0v) is 28.2. The lowest BCUT2D eigenvalue weighted by Gasteiger charge is -2.27. The minimum atomic E-state index is -0.320. The summed E-state index contributed by atoms with van der Waals surface area (Å²) in [6.45, 7) is 10.4. The maximum atomic E-state index is 12.8. The van der Waals surface area contributed by atoms with Crippen LogP contribution in [0.3, 0.4) is 0 Å². The highest BCUT2D eigenvalue weighted by atomic mass is 32.1. The number of aryl methyl sites for hydroxylation is 2. The number of nitrogens with one attached hydrogen (secondary N) is 2. The minimum Gasteiger partial charge on any atom is -0.309 e. The summed E-state index contributed by atoms with van der Waals surface area (Å²) < 4.78 is 0. The second-order valence-electron chi connectivity index (χ2n) is 13.6. The first-order chi connectivity index (χ1) is 21.8. The van der Waals surface area contributed by atoms with E-state index in [1.165, 1.54) is 11.3 Å². The van der Waals surface area contributed by atoms with Crippen molar-refractivity contribution in [2.45, 2.75) is 91.4 Å². The van der Waals surface area contributed by atoms with Gasteiger partial charge in [-0.25, -0.2) is 0 Å². The number of hydrogen-bond donors (Lipinski definition) is 2. The Morgan fingerprint density at radius 3 is 2.11 bits per heavy atom. The molecule has 0 bridgehead atoms. The Kier molecular flexibility index (Phi) is 11.9. The van der Waals surface area contributed by atoms with Gasteiger partial charge in [-0.15, -0.1) is 15.3 Å². The van der Waals surface area contributed by atoms with E-state index in [0.29, 0.717) is 23.8 Å². The molecule has 0 unspecified atom stereocenters. The number of nitrogens with zero attached hydrogens (tertiary/aromatic N) is 4. The lowest BCUT2D eigenvalue weighted by molar-refractivity contribution is -0.122. The smallest absolute Gasteiger partial charge is 0.230 e. The highest BCUT2D eigenvalue weighted by molar-refractivity contribution is 7.15. The van der Waals surface area contributed by atoms with E-state index >= 15 is 0 Å². The highest BCUT2D eigenvalue weighted by Crippen LogP contribution is 2.31. The molecule has 46 heavy (non-hydrogen) atoms. The van der Waals surface area contributed by atoms with Crippen molar-refractivity contribution in [2.24, 2.45) is 5.41 Å². The van der Waals surface area contributed by atoms with Gasteiger partial charge in [0.25, 0.3) is 0 Å². The van der Waals surface area contributed by atoms with E-state index in [1.54, 1.807) is 6.07 Å². The zero-order chi connectivity index (χ0) is 33.2. The molecule has 2 N–H and O–H groups in total. The maximum Gasteiger partial charge on any atom is 0.230 e. The first-order valence-electron chi connectivity index (χ1n) is 15.7. The molecule has 0 saturated carbocycles. The second kappa shape index (κ2) is 15.8. The first-order valence-corrected chi connectivity index (χ1v) is 16.6. The van der Waals surface area contributed by atoms with E-state index in [9.17, 15) is 14.4 Å². The summed E-state index contributed by atoms with van der Waals surface area (Å²) in [7, 11) is 0. The van der Waals surface area contributed by atoms with E-state index in [1.807, 2.05) is 60.7 Å². The summed E-state index contributed by atoms with van der Waals surface area (Å²) in [5.74, 6) is 0.403. The zero-order valence-electron chi connectivity index (χ0n) is 27.4. The van der Waals surface area contributed by atoms with Gasteiger partial charge in [0, 0.05) is 19.3 Å². The molecule has 10 heteroatoms. The molecule has 242 valence electrons. The quantitative estimate of drug-likeness (QED) is 0.135. The summed E-state index contributed by atoms with van der Waals surface area (Å²) in [4.78, 5) is 37.7. The Morgan fingerprint density at radius 1 is 0.696 bits per heavy atom. The van der Waals surface area contributed by atoms with Gasteiger partial charge >= 0.3 is 0 Å². The van der Waals surface area contributed by atoms with Gasteiger partial charge in [-0.05, 0) is 58.9 Å². The Bertz CT molecular complexity index is 1610. The van der Waals surface area contributed by atoms with Gasteiger partial charge in [-0.3, -0.25) is 14.4 Å². The molecular formula is C36H44N6O3S. The van der Waals surface area contributed by atoms with Crippen molar-refractivity contribution in [1.82, 2.24) is 20.4 Å². The summed E-state index contributed by atoms with van der Waals surface area (Å²) in [5.41, 5.74) is 3.38. The number of Topliss-reactive ketones (excluding diaryl/α,β-unsaturated/α-hetero) is 1. The van der Waals surface area contributed by atoms with Crippen LogP contribution in [0.25, 0.3) is 0 Å². The predicted molar refractivity (Wildman–Crippen MR) is 183 cm³/mol. The molecule has 0 aliphatic heterocycles. The van der Waals surface area contributed by atoms with Crippen molar-refractivity contribution in [1.29, 1.82) is 0 Å². The van der Waals surface area contributed by atoms with Crippen LogP contribution in [-0.2, 0) is 45.5 Å². The van der Waals surface area contributed by atoms with E-state index < -0.39 is 0 Å². The lowest BCUT2D eigenvalue weighted by atomic mass is 9.77. The topological polar surface area (TPSA) is 127 Å². The molecular weight excluding hydrogens is 597 g/mol. The molecule has 2 amide bonds. The monoisotopic (exact) mass is 640 g/mol.